The number of hydrogen-bond donors (Lipinski definition) is 0. The number of carbonyl (C=O) groups excluding carboxylic acids is 3. The number of ether oxygens (including phenoxy) is 3. The van der Waals surface area contributed by atoms with Crippen LogP contribution in [0.1, 0.15) is 419 Å². The molecule has 0 aromatic carbocycles. The molecule has 1 unspecified atom stereocenters. The van der Waals surface area contributed by atoms with Gasteiger partial charge in [-0.3, -0.25) is 14.4 Å². The molecule has 6 nitrogen and oxygen atoms in total. The van der Waals surface area contributed by atoms with Crippen molar-refractivity contribution in [3.05, 3.63) is 24.3 Å². The third-order valence-electron chi connectivity index (χ3n) is 17.0. The van der Waals surface area contributed by atoms with E-state index in [0.717, 1.165) is 77.0 Å². The van der Waals surface area contributed by atoms with Crippen molar-refractivity contribution >= 4 is 17.9 Å². The molecule has 0 bridgehead atoms. The molecule has 0 amide bonds. The Hall–Kier alpha value is -2.11. The highest BCUT2D eigenvalue weighted by Gasteiger charge is 2.20. The van der Waals surface area contributed by atoms with E-state index in [9.17, 15) is 14.4 Å². The molecular formula is C75H142O6. The normalized spacial score (nSPS) is 12.1. The molecule has 0 saturated heterocycles. The number of allylic oxidation sites excluding steroid dienone is 4. The van der Waals surface area contributed by atoms with Crippen LogP contribution >= 0.6 is 0 Å². The van der Waals surface area contributed by atoms with Gasteiger partial charge in [-0.05, 0) is 51.4 Å². The Morgan fingerprint density at radius 3 is 0.691 bits per heavy atom. The maximum Gasteiger partial charge on any atom is 0.306 e. The van der Waals surface area contributed by atoms with Crippen molar-refractivity contribution in [2.24, 2.45) is 0 Å². The molecule has 0 spiro atoms. The molecule has 0 saturated carbocycles. The first kappa shape index (κ1) is 78.9. The second-order valence-corrected chi connectivity index (χ2v) is 25.2. The first-order valence-corrected chi connectivity index (χ1v) is 36.8. The summed E-state index contributed by atoms with van der Waals surface area (Å²) in [4.78, 5) is 38.4. The Morgan fingerprint density at radius 1 is 0.247 bits per heavy atom. The fourth-order valence-electron chi connectivity index (χ4n) is 11.4. The van der Waals surface area contributed by atoms with Gasteiger partial charge in [-0.2, -0.15) is 0 Å². The van der Waals surface area contributed by atoms with Crippen LogP contribution in [0, 0.1) is 0 Å². The lowest BCUT2D eigenvalue weighted by molar-refractivity contribution is -0.167. The molecular weight excluding hydrogens is 997 g/mol. The highest BCUT2D eigenvalue weighted by molar-refractivity contribution is 5.71. The summed E-state index contributed by atoms with van der Waals surface area (Å²) in [5.74, 6) is -0.850. The number of hydrogen-bond acceptors (Lipinski definition) is 6. The first-order chi connectivity index (χ1) is 40.0. The highest BCUT2D eigenvalue weighted by atomic mass is 16.6. The summed E-state index contributed by atoms with van der Waals surface area (Å²) in [7, 11) is 0. The lowest BCUT2D eigenvalue weighted by Crippen LogP contribution is -2.30. The molecule has 0 aliphatic rings. The fourth-order valence-corrected chi connectivity index (χ4v) is 11.4. The molecule has 6 heteroatoms. The van der Waals surface area contributed by atoms with Gasteiger partial charge in [0, 0.05) is 19.3 Å². The zero-order valence-corrected chi connectivity index (χ0v) is 55.1. The van der Waals surface area contributed by atoms with Gasteiger partial charge in [0.2, 0.25) is 0 Å². The predicted octanol–water partition coefficient (Wildman–Crippen LogP) is 25.3. The third-order valence-corrected chi connectivity index (χ3v) is 17.0. The summed E-state index contributed by atoms with van der Waals surface area (Å²) < 4.78 is 17.0. The molecule has 0 aliphatic carbocycles. The lowest BCUT2D eigenvalue weighted by atomic mass is 10.0. The second-order valence-electron chi connectivity index (χ2n) is 25.2. The summed E-state index contributed by atoms with van der Waals surface area (Å²) in [6.45, 7) is 6.70. The van der Waals surface area contributed by atoms with E-state index in [1.54, 1.807) is 0 Å². The average Bonchev–Trinajstić information content (AvgIpc) is 3.47. The van der Waals surface area contributed by atoms with Gasteiger partial charge in [0.05, 0.1) is 0 Å². The van der Waals surface area contributed by atoms with Crippen molar-refractivity contribution in [1.29, 1.82) is 0 Å². The SMILES string of the molecule is CCCCCC/C=C\C/C=C\CCCCCCCC(=O)OCC(COC(=O)CCCCCCCCCCCCCCCCCCCCCCCCCCCCCCCC)OC(=O)CCCCCCCCCCCCCCCCCCC. The van der Waals surface area contributed by atoms with Gasteiger partial charge in [-0.15, -0.1) is 0 Å². The largest absolute Gasteiger partial charge is 0.462 e. The van der Waals surface area contributed by atoms with Crippen molar-refractivity contribution in [2.45, 2.75) is 425 Å². The van der Waals surface area contributed by atoms with E-state index in [2.05, 4.69) is 45.1 Å². The van der Waals surface area contributed by atoms with Crippen LogP contribution in [0.3, 0.4) is 0 Å². The van der Waals surface area contributed by atoms with Gasteiger partial charge in [0.25, 0.3) is 0 Å². The van der Waals surface area contributed by atoms with Crippen LogP contribution in [-0.4, -0.2) is 37.2 Å². The zero-order chi connectivity index (χ0) is 58.5. The van der Waals surface area contributed by atoms with Gasteiger partial charge in [0.15, 0.2) is 6.10 Å². The van der Waals surface area contributed by atoms with E-state index in [-0.39, 0.29) is 31.1 Å². The smallest absolute Gasteiger partial charge is 0.306 e. The summed E-state index contributed by atoms with van der Waals surface area (Å²) in [6, 6.07) is 0. The molecule has 0 aromatic rings. The van der Waals surface area contributed by atoms with Crippen LogP contribution in [0.2, 0.25) is 0 Å². The Balaban J connectivity index is 4.17. The fraction of sp³-hybridized carbons (Fsp3) is 0.907. The number of unbranched alkanes of at least 4 members (excludes halogenated alkanes) is 54. The van der Waals surface area contributed by atoms with Crippen molar-refractivity contribution in [3.63, 3.8) is 0 Å². The van der Waals surface area contributed by atoms with E-state index in [0.29, 0.717) is 19.3 Å². The first-order valence-electron chi connectivity index (χ1n) is 36.8. The van der Waals surface area contributed by atoms with Crippen LogP contribution in [0.15, 0.2) is 24.3 Å². The van der Waals surface area contributed by atoms with Gasteiger partial charge < -0.3 is 14.2 Å². The molecule has 0 N–H and O–H groups in total. The van der Waals surface area contributed by atoms with Crippen molar-refractivity contribution in [3.8, 4) is 0 Å². The van der Waals surface area contributed by atoms with Crippen molar-refractivity contribution in [1.82, 2.24) is 0 Å². The van der Waals surface area contributed by atoms with Crippen LogP contribution in [0.4, 0.5) is 0 Å². The average molecular weight is 1140 g/mol. The molecule has 1 atom stereocenters. The molecule has 0 rings (SSSR count). The topological polar surface area (TPSA) is 78.9 Å². The summed E-state index contributed by atoms with van der Waals surface area (Å²) in [5.41, 5.74) is 0. The van der Waals surface area contributed by atoms with E-state index < -0.39 is 6.10 Å². The van der Waals surface area contributed by atoms with E-state index >= 15 is 0 Å². The molecule has 0 aliphatic heterocycles. The molecule has 81 heavy (non-hydrogen) atoms. The minimum Gasteiger partial charge on any atom is -0.462 e. The number of rotatable bonds is 69. The quantitative estimate of drug-likeness (QED) is 0.0261. The predicted molar refractivity (Wildman–Crippen MR) is 353 cm³/mol. The minimum atomic E-state index is -0.774. The summed E-state index contributed by atoms with van der Waals surface area (Å²) in [5, 5.41) is 0. The lowest BCUT2D eigenvalue weighted by Gasteiger charge is -2.18. The van der Waals surface area contributed by atoms with Crippen molar-refractivity contribution < 1.29 is 28.6 Å². The summed E-state index contributed by atoms with van der Waals surface area (Å²) >= 11 is 0. The van der Waals surface area contributed by atoms with E-state index in [1.165, 1.54) is 302 Å². The Labute approximate surface area is 506 Å². The highest BCUT2D eigenvalue weighted by Crippen LogP contribution is 2.19. The minimum absolute atomic E-state index is 0.0692. The maximum absolute atomic E-state index is 12.9. The van der Waals surface area contributed by atoms with E-state index in [4.69, 9.17) is 14.2 Å². The third kappa shape index (κ3) is 68.6. The Morgan fingerprint density at radius 2 is 0.444 bits per heavy atom. The van der Waals surface area contributed by atoms with Crippen LogP contribution in [-0.2, 0) is 28.6 Å². The zero-order valence-electron chi connectivity index (χ0n) is 55.1. The standard InChI is InChI=1S/C75H142O6/c1-4-7-10-13-16-19-22-25-28-31-32-33-34-35-36-37-38-39-40-41-42-43-45-47-50-53-56-59-62-65-68-74(77)80-71-72(70-79-73(76)67-64-61-58-55-52-49-46-30-27-24-21-18-15-12-9-6-3)81-75(78)69-66-63-60-57-54-51-48-44-29-26-23-20-17-14-11-8-5-2/h21,24,30,46,72H,4-20,22-23,25-29,31-45,47-71H2,1-3H3/b24-21-,46-30-. The number of esters is 3. The van der Waals surface area contributed by atoms with Gasteiger partial charge in [-0.25, -0.2) is 0 Å². The van der Waals surface area contributed by atoms with Crippen LogP contribution in [0.5, 0.6) is 0 Å². The van der Waals surface area contributed by atoms with Gasteiger partial charge in [-0.1, -0.05) is 373 Å². The number of carbonyl (C=O) groups is 3. The summed E-state index contributed by atoms with van der Waals surface area (Å²) in [6.07, 6.45) is 86.5. The molecule has 0 fully saturated rings. The maximum atomic E-state index is 12.9. The molecule has 0 radical (unpaired) electrons. The molecule has 478 valence electrons. The van der Waals surface area contributed by atoms with Crippen molar-refractivity contribution in [2.75, 3.05) is 13.2 Å². The van der Waals surface area contributed by atoms with Crippen LogP contribution < -0.4 is 0 Å². The Kier molecular flexibility index (Phi) is 68.5. The molecule has 0 aromatic heterocycles. The van der Waals surface area contributed by atoms with Gasteiger partial charge in [0.1, 0.15) is 13.2 Å². The van der Waals surface area contributed by atoms with Gasteiger partial charge >= 0.3 is 17.9 Å². The van der Waals surface area contributed by atoms with Crippen LogP contribution in [0.25, 0.3) is 0 Å². The Bertz CT molecular complexity index is 1310. The second kappa shape index (κ2) is 70.4. The molecule has 0 heterocycles. The monoisotopic (exact) mass is 1140 g/mol. The van der Waals surface area contributed by atoms with E-state index in [1.807, 2.05) is 0 Å².